The maximum atomic E-state index is 12.6. The van der Waals surface area contributed by atoms with E-state index in [0.717, 1.165) is 56.6 Å². The van der Waals surface area contributed by atoms with E-state index in [1.165, 1.54) is 5.56 Å². The Hall–Kier alpha value is -2.44. The van der Waals surface area contributed by atoms with Gasteiger partial charge >= 0.3 is 0 Å². The van der Waals surface area contributed by atoms with Crippen molar-refractivity contribution in [1.29, 1.82) is 0 Å². The fraction of sp³-hybridized carbons (Fsp3) is 0.529. The van der Waals surface area contributed by atoms with Gasteiger partial charge in [0.15, 0.2) is 5.82 Å². The first-order valence-corrected chi connectivity index (χ1v) is 8.59. The van der Waals surface area contributed by atoms with Gasteiger partial charge in [0.25, 0.3) is 0 Å². The van der Waals surface area contributed by atoms with Crippen molar-refractivity contribution in [2.45, 2.75) is 51.1 Å². The van der Waals surface area contributed by atoms with E-state index >= 15 is 0 Å². The summed E-state index contributed by atoms with van der Waals surface area (Å²) in [4.78, 5) is 12.6. The van der Waals surface area contributed by atoms with Crippen LogP contribution in [0.4, 0.5) is 0 Å². The normalized spacial score (nSPS) is 19.6. The van der Waals surface area contributed by atoms with Gasteiger partial charge in [0, 0.05) is 13.1 Å². The molecular formula is C17H21N5O2. The molecule has 7 heteroatoms. The van der Waals surface area contributed by atoms with E-state index in [1.54, 1.807) is 4.68 Å². The maximum absolute atomic E-state index is 12.6. The Morgan fingerprint density at radius 2 is 2.29 bits per heavy atom. The number of aryl methyl sites for hydroxylation is 2. The van der Waals surface area contributed by atoms with Gasteiger partial charge in [0.05, 0.1) is 12.5 Å². The molecule has 1 aromatic heterocycles. The Balaban J connectivity index is 1.44. The molecule has 7 nitrogen and oxygen atoms in total. The molecule has 0 fully saturated rings. The van der Waals surface area contributed by atoms with Gasteiger partial charge in [0.2, 0.25) is 5.91 Å². The Morgan fingerprint density at radius 3 is 3.25 bits per heavy atom. The zero-order valence-electron chi connectivity index (χ0n) is 13.6. The minimum atomic E-state index is -0.261. The molecule has 0 saturated heterocycles. The summed E-state index contributed by atoms with van der Waals surface area (Å²) < 4.78 is 7.39. The molecule has 2 aliphatic rings. The number of carbonyl (C=O) groups is 1. The van der Waals surface area contributed by atoms with Gasteiger partial charge in [0.1, 0.15) is 5.75 Å². The van der Waals surface area contributed by atoms with Crippen LogP contribution in [0.25, 0.3) is 0 Å². The van der Waals surface area contributed by atoms with Crippen molar-refractivity contribution in [3.63, 3.8) is 0 Å². The average Bonchev–Trinajstić information content (AvgIpc) is 2.99. The number of amides is 1. The average molecular weight is 327 g/mol. The van der Waals surface area contributed by atoms with Crippen molar-refractivity contribution in [2.75, 3.05) is 6.61 Å². The molecule has 0 radical (unpaired) electrons. The molecule has 2 aromatic rings. The third-order valence-electron chi connectivity index (χ3n) is 4.74. The van der Waals surface area contributed by atoms with Crippen molar-refractivity contribution in [1.82, 2.24) is 25.5 Å². The van der Waals surface area contributed by atoms with Crippen LogP contribution in [0.3, 0.4) is 0 Å². The molecular weight excluding hydrogens is 306 g/mol. The van der Waals surface area contributed by atoms with Crippen LogP contribution in [-0.2, 0) is 24.3 Å². The van der Waals surface area contributed by atoms with Gasteiger partial charge in [-0.15, -0.1) is 5.10 Å². The minimum absolute atomic E-state index is 0.00178. The number of rotatable bonds is 3. The quantitative estimate of drug-likeness (QED) is 0.925. The van der Waals surface area contributed by atoms with E-state index in [1.807, 2.05) is 12.1 Å². The van der Waals surface area contributed by atoms with E-state index < -0.39 is 0 Å². The number of ether oxygens (including phenoxy) is 1. The van der Waals surface area contributed by atoms with Gasteiger partial charge in [-0.1, -0.05) is 18.6 Å². The molecule has 4 rings (SSSR count). The fourth-order valence-corrected chi connectivity index (χ4v) is 3.44. The zero-order valence-corrected chi connectivity index (χ0v) is 13.6. The van der Waals surface area contributed by atoms with Crippen molar-refractivity contribution in [2.24, 2.45) is 0 Å². The third kappa shape index (κ3) is 2.98. The molecule has 1 amide bonds. The zero-order chi connectivity index (χ0) is 16.4. The highest BCUT2D eigenvalue weighted by Crippen LogP contribution is 2.26. The number of nitrogens with one attached hydrogen (secondary N) is 1. The lowest BCUT2D eigenvalue weighted by molar-refractivity contribution is -0.123. The molecule has 1 unspecified atom stereocenters. The summed E-state index contributed by atoms with van der Waals surface area (Å²) >= 11 is 0. The first-order valence-electron chi connectivity index (χ1n) is 8.59. The molecule has 3 heterocycles. The summed E-state index contributed by atoms with van der Waals surface area (Å²) in [6, 6.07) is 6.15. The van der Waals surface area contributed by atoms with E-state index in [0.29, 0.717) is 12.4 Å². The van der Waals surface area contributed by atoms with Gasteiger partial charge in [-0.25, -0.2) is 4.68 Å². The number of aromatic nitrogens is 4. The molecule has 2 aliphatic heterocycles. The highest BCUT2D eigenvalue weighted by Gasteiger charge is 2.28. The minimum Gasteiger partial charge on any atom is -0.493 e. The molecule has 0 aliphatic carbocycles. The van der Waals surface area contributed by atoms with Crippen molar-refractivity contribution in [3.05, 3.63) is 35.2 Å². The summed E-state index contributed by atoms with van der Waals surface area (Å²) in [5, 5.41) is 14.8. The van der Waals surface area contributed by atoms with Gasteiger partial charge in [-0.05, 0) is 53.3 Å². The molecule has 0 spiro atoms. The largest absolute Gasteiger partial charge is 0.493 e. The third-order valence-corrected chi connectivity index (χ3v) is 4.74. The first kappa shape index (κ1) is 15.1. The van der Waals surface area contributed by atoms with Crippen LogP contribution in [-0.4, -0.2) is 32.7 Å². The topological polar surface area (TPSA) is 81.9 Å². The van der Waals surface area contributed by atoms with E-state index in [2.05, 4.69) is 26.9 Å². The van der Waals surface area contributed by atoms with Crippen molar-refractivity contribution < 1.29 is 9.53 Å². The number of fused-ring (bicyclic) bond motifs is 2. The Bertz CT molecular complexity index is 742. The van der Waals surface area contributed by atoms with Crippen LogP contribution in [0.15, 0.2) is 18.2 Å². The lowest BCUT2D eigenvalue weighted by atomic mass is 10.0. The highest BCUT2D eigenvalue weighted by molar-refractivity contribution is 5.82. The van der Waals surface area contributed by atoms with Gasteiger partial charge in [-0.2, -0.15) is 0 Å². The number of hydrogen-bond donors (Lipinski definition) is 1. The molecule has 1 aromatic carbocycles. The fourth-order valence-electron chi connectivity index (χ4n) is 3.44. The van der Waals surface area contributed by atoms with E-state index in [-0.39, 0.29) is 11.8 Å². The maximum Gasteiger partial charge on any atom is 0.231 e. The lowest BCUT2D eigenvalue weighted by Gasteiger charge is -2.18. The SMILES string of the molecule is O=C(NCc1ccc2c(c1)CCCO2)C1CCCCn2nnnc21. The standard InChI is InChI=1S/C17H21N5O2/c23-17(14-5-1-2-8-22-16(14)19-20-21-22)18-11-12-6-7-15-13(10-12)4-3-9-24-15/h6-7,10,14H,1-5,8-9,11H2,(H,18,23). The van der Waals surface area contributed by atoms with E-state index in [4.69, 9.17) is 4.74 Å². The molecule has 1 N–H and O–H groups in total. The highest BCUT2D eigenvalue weighted by atomic mass is 16.5. The van der Waals surface area contributed by atoms with Gasteiger partial charge < -0.3 is 10.1 Å². The lowest BCUT2D eigenvalue weighted by Crippen LogP contribution is -2.30. The smallest absolute Gasteiger partial charge is 0.231 e. The Kier molecular flexibility index (Phi) is 4.15. The first-order chi connectivity index (χ1) is 11.8. The summed E-state index contributed by atoms with van der Waals surface area (Å²) in [5.41, 5.74) is 2.33. The second-order valence-corrected chi connectivity index (χ2v) is 6.42. The predicted molar refractivity (Wildman–Crippen MR) is 86.5 cm³/mol. The number of benzene rings is 1. The summed E-state index contributed by atoms with van der Waals surface area (Å²) in [6.45, 7) is 2.10. The van der Waals surface area contributed by atoms with Crippen molar-refractivity contribution >= 4 is 5.91 Å². The number of hydrogen-bond acceptors (Lipinski definition) is 5. The van der Waals surface area contributed by atoms with Crippen LogP contribution in [0.2, 0.25) is 0 Å². The second kappa shape index (κ2) is 6.59. The number of nitrogens with zero attached hydrogens (tertiary/aromatic N) is 4. The molecule has 24 heavy (non-hydrogen) atoms. The molecule has 0 bridgehead atoms. The Morgan fingerprint density at radius 1 is 1.33 bits per heavy atom. The number of tetrazole rings is 1. The second-order valence-electron chi connectivity index (χ2n) is 6.42. The number of carbonyl (C=O) groups excluding carboxylic acids is 1. The van der Waals surface area contributed by atoms with Crippen LogP contribution in [0.1, 0.15) is 48.6 Å². The van der Waals surface area contributed by atoms with Crippen LogP contribution in [0, 0.1) is 0 Å². The summed E-state index contributed by atoms with van der Waals surface area (Å²) in [7, 11) is 0. The molecule has 0 saturated carbocycles. The monoisotopic (exact) mass is 327 g/mol. The van der Waals surface area contributed by atoms with Crippen LogP contribution < -0.4 is 10.1 Å². The van der Waals surface area contributed by atoms with Crippen LogP contribution in [0.5, 0.6) is 5.75 Å². The Labute approximate surface area is 140 Å². The van der Waals surface area contributed by atoms with Gasteiger partial charge in [-0.3, -0.25) is 4.79 Å². The molecule has 1 atom stereocenters. The summed E-state index contributed by atoms with van der Waals surface area (Å²) in [5.74, 6) is 1.40. The van der Waals surface area contributed by atoms with Crippen LogP contribution >= 0.6 is 0 Å². The van der Waals surface area contributed by atoms with Crippen molar-refractivity contribution in [3.8, 4) is 5.75 Å². The predicted octanol–water partition coefficient (Wildman–Crippen LogP) is 1.58. The summed E-state index contributed by atoms with van der Waals surface area (Å²) in [6.07, 6.45) is 4.89. The van der Waals surface area contributed by atoms with E-state index in [9.17, 15) is 4.79 Å². The molecule has 126 valence electrons.